The Kier molecular flexibility index (Phi) is 3.75. The van der Waals surface area contributed by atoms with Crippen molar-refractivity contribution in [3.8, 4) is 0 Å². The first-order chi connectivity index (χ1) is 11.7. The summed E-state index contributed by atoms with van der Waals surface area (Å²) in [5.74, 6) is 1.52. The van der Waals surface area contributed by atoms with Crippen molar-refractivity contribution in [2.24, 2.45) is 0 Å². The summed E-state index contributed by atoms with van der Waals surface area (Å²) >= 11 is 0. The van der Waals surface area contributed by atoms with Crippen LogP contribution in [0.4, 0.5) is 5.82 Å². The highest BCUT2D eigenvalue weighted by Gasteiger charge is 2.30. The van der Waals surface area contributed by atoms with Gasteiger partial charge < -0.3 is 15.2 Å². The molecule has 24 heavy (non-hydrogen) atoms. The maximum Gasteiger partial charge on any atom is 0.246 e. The monoisotopic (exact) mass is 325 g/mol. The first kappa shape index (κ1) is 15.2. The molecular formula is C18H23N5O. The van der Waals surface area contributed by atoms with E-state index >= 15 is 0 Å². The second-order valence-corrected chi connectivity index (χ2v) is 6.93. The Morgan fingerprint density at radius 1 is 1.38 bits per heavy atom. The Hall–Kier alpha value is -2.37. The maximum atomic E-state index is 12.0. The Balaban J connectivity index is 1.59. The molecule has 1 saturated carbocycles. The Morgan fingerprint density at radius 3 is 2.96 bits per heavy atom. The van der Waals surface area contributed by atoms with Crippen LogP contribution in [0.15, 0.2) is 25.2 Å². The van der Waals surface area contributed by atoms with E-state index < -0.39 is 0 Å². The summed E-state index contributed by atoms with van der Waals surface area (Å²) in [5.41, 5.74) is 2.20. The van der Waals surface area contributed by atoms with Gasteiger partial charge in [-0.25, -0.2) is 9.97 Å². The molecule has 1 aliphatic carbocycles. The van der Waals surface area contributed by atoms with E-state index in [9.17, 15) is 4.79 Å². The predicted octanol–water partition coefficient (Wildman–Crippen LogP) is 2.81. The van der Waals surface area contributed by atoms with Crippen molar-refractivity contribution in [2.45, 2.75) is 50.6 Å². The number of fused-ring (bicyclic) bond motifs is 1. The third-order valence-corrected chi connectivity index (χ3v) is 5.20. The molecule has 2 aromatic rings. The number of aromatic amines is 1. The zero-order chi connectivity index (χ0) is 16.7. The predicted molar refractivity (Wildman–Crippen MR) is 93.9 cm³/mol. The van der Waals surface area contributed by atoms with Gasteiger partial charge in [0.1, 0.15) is 17.8 Å². The fourth-order valence-corrected chi connectivity index (χ4v) is 3.65. The van der Waals surface area contributed by atoms with Crippen LogP contribution in [-0.2, 0) is 4.79 Å². The molecule has 4 rings (SSSR count). The van der Waals surface area contributed by atoms with Gasteiger partial charge >= 0.3 is 0 Å². The Labute approximate surface area is 141 Å². The van der Waals surface area contributed by atoms with Crippen molar-refractivity contribution in [3.63, 3.8) is 0 Å². The molecule has 3 heterocycles. The number of amides is 1. The van der Waals surface area contributed by atoms with E-state index in [-0.39, 0.29) is 18.0 Å². The number of anilines is 1. The van der Waals surface area contributed by atoms with Crippen molar-refractivity contribution in [2.75, 3.05) is 11.9 Å². The van der Waals surface area contributed by atoms with E-state index in [1.165, 1.54) is 24.5 Å². The first-order valence-electron chi connectivity index (χ1n) is 8.69. The van der Waals surface area contributed by atoms with Crippen molar-refractivity contribution < 1.29 is 4.79 Å². The lowest BCUT2D eigenvalue weighted by molar-refractivity contribution is -0.129. The number of H-pyrrole nitrogens is 1. The molecule has 2 atom stereocenters. The molecule has 1 aliphatic heterocycles. The van der Waals surface area contributed by atoms with Gasteiger partial charge in [0.25, 0.3) is 0 Å². The SMILES string of the molecule is C=CC(=O)N1CC(Nc2ncnc3[nH]cc(C4CC4)c23)CCC1C. The van der Waals surface area contributed by atoms with Gasteiger partial charge in [-0.05, 0) is 50.2 Å². The molecule has 2 aromatic heterocycles. The smallest absolute Gasteiger partial charge is 0.246 e. The van der Waals surface area contributed by atoms with Crippen LogP contribution in [0.1, 0.15) is 44.1 Å². The molecule has 126 valence electrons. The molecule has 2 N–H and O–H groups in total. The number of likely N-dealkylation sites (tertiary alicyclic amines) is 1. The number of piperidine rings is 1. The largest absolute Gasteiger partial charge is 0.365 e. The number of rotatable bonds is 4. The highest BCUT2D eigenvalue weighted by atomic mass is 16.2. The molecule has 0 aromatic carbocycles. The van der Waals surface area contributed by atoms with E-state index in [0.717, 1.165) is 29.7 Å². The summed E-state index contributed by atoms with van der Waals surface area (Å²) in [6.07, 6.45) is 9.55. The molecule has 1 amide bonds. The highest BCUT2D eigenvalue weighted by Crippen LogP contribution is 2.44. The molecule has 2 fully saturated rings. The number of carbonyl (C=O) groups excluding carboxylic acids is 1. The van der Waals surface area contributed by atoms with E-state index in [0.29, 0.717) is 12.5 Å². The Morgan fingerprint density at radius 2 is 2.21 bits per heavy atom. The maximum absolute atomic E-state index is 12.0. The molecule has 0 bridgehead atoms. The van der Waals surface area contributed by atoms with Crippen molar-refractivity contribution in [1.82, 2.24) is 19.9 Å². The minimum absolute atomic E-state index is 0.00199. The second kappa shape index (κ2) is 5.92. The van der Waals surface area contributed by atoms with Crippen LogP contribution < -0.4 is 5.32 Å². The quantitative estimate of drug-likeness (QED) is 0.848. The lowest BCUT2D eigenvalue weighted by Crippen LogP contribution is -2.49. The standard InChI is InChI=1S/C18H23N5O/c1-3-15(24)23-9-13(7-4-11(23)2)22-18-16-14(12-5-6-12)8-19-17(16)20-10-21-18/h3,8,10-13H,1,4-7,9H2,2H3,(H2,19,20,21,22). The van der Waals surface area contributed by atoms with Crippen LogP contribution in [0, 0.1) is 0 Å². The second-order valence-electron chi connectivity index (χ2n) is 6.93. The zero-order valence-electron chi connectivity index (χ0n) is 14.0. The molecule has 6 nitrogen and oxygen atoms in total. The van der Waals surface area contributed by atoms with Gasteiger partial charge in [-0.15, -0.1) is 0 Å². The van der Waals surface area contributed by atoms with Gasteiger partial charge in [-0.1, -0.05) is 6.58 Å². The van der Waals surface area contributed by atoms with Gasteiger partial charge in [0.2, 0.25) is 5.91 Å². The summed E-state index contributed by atoms with van der Waals surface area (Å²) in [7, 11) is 0. The lowest BCUT2D eigenvalue weighted by Gasteiger charge is -2.38. The highest BCUT2D eigenvalue weighted by molar-refractivity contribution is 5.91. The summed E-state index contributed by atoms with van der Waals surface area (Å²) < 4.78 is 0. The van der Waals surface area contributed by atoms with Crippen molar-refractivity contribution >= 4 is 22.8 Å². The van der Waals surface area contributed by atoms with Crippen LogP contribution in [0.2, 0.25) is 0 Å². The molecule has 0 spiro atoms. The third kappa shape index (κ3) is 2.66. The van der Waals surface area contributed by atoms with Crippen molar-refractivity contribution in [3.05, 3.63) is 30.7 Å². The summed E-state index contributed by atoms with van der Waals surface area (Å²) in [6, 6.07) is 0.457. The number of aromatic nitrogens is 3. The van der Waals surface area contributed by atoms with Gasteiger partial charge in [0, 0.05) is 24.8 Å². The van der Waals surface area contributed by atoms with Gasteiger partial charge in [-0.3, -0.25) is 4.79 Å². The van der Waals surface area contributed by atoms with E-state index in [4.69, 9.17) is 0 Å². The molecule has 1 saturated heterocycles. The minimum atomic E-state index is 0.00199. The number of nitrogens with one attached hydrogen (secondary N) is 2. The molecule has 2 unspecified atom stereocenters. The zero-order valence-corrected chi connectivity index (χ0v) is 14.0. The lowest BCUT2D eigenvalue weighted by atomic mass is 9.99. The molecule has 2 aliphatic rings. The van der Waals surface area contributed by atoms with Crippen LogP contribution >= 0.6 is 0 Å². The fourth-order valence-electron chi connectivity index (χ4n) is 3.65. The normalized spacial score (nSPS) is 24.1. The third-order valence-electron chi connectivity index (χ3n) is 5.20. The van der Waals surface area contributed by atoms with Crippen LogP contribution in [0.25, 0.3) is 11.0 Å². The van der Waals surface area contributed by atoms with Crippen LogP contribution in [-0.4, -0.2) is 44.4 Å². The van der Waals surface area contributed by atoms with Crippen molar-refractivity contribution in [1.29, 1.82) is 0 Å². The van der Waals surface area contributed by atoms with E-state index in [2.05, 4.69) is 40.0 Å². The van der Waals surface area contributed by atoms with Gasteiger partial charge in [-0.2, -0.15) is 0 Å². The summed E-state index contributed by atoms with van der Waals surface area (Å²) in [6.45, 7) is 6.39. The number of nitrogens with zero attached hydrogens (tertiary/aromatic N) is 3. The van der Waals surface area contributed by atoms with E-state index in [1.807, 2.05) is 4.90 Å². The molecule has 0 radical (unpaired) electrons. The summed E-state index contributed by atoms with van der Waals surface area (Å²) in [5, 5.41) is 4.67. The molecule has 6 heteroatoms. The van der Waals surface area contributed by atoms with Gasteiger partial charge in [0.15, 0.2) is 0 Å². The van der Waals surface area contributed by atoms with Crippen LogP contribution in [0.5, 0.6) is 0 Å². The number of hydrogen-bond acceptors (Lipinski definition) is 4. The van der Waals surface area contributed by atoms with Gasteiger partial charge in [0.05, 0.1) is 5.39 Å². The molecular weight excluding hydrogens is 302 g/mol. The fraction of sp³-hybridized carbons (Fsp3) is 0.500. The number of carbonyl (C=O) groups is 1. The van der Waals surface area contributed by atoms with Crippen LogP contribution in [0.3, 0.4) is 0 Å². The minimum Gasteiger partial charge on any atom is -0.365 e. The topological polar surface area (TPSA) is 73.9 Å². The Bertz CT molecular complexity index is 779. The average molecular weight is 325 g/mol. The number of hydrogen-bond donors (Lipinski definition) is 2. The average Bonchev–Trinajstić information content (AvgIpc) is 3.35. The van der Waals surface area contributed by atoms with E-state index in [1.54, 1.807) is 6.33 Å². The first-order valence-corrected chi connectivity index (χ1v) is 8.69. The summed E-state index contributed by atoms with van der Waals surface area (Å²) in [4.78, 5) is 26.0.